The third kappa shape index (κ3) is 7.39. The first-order valence-electron chi connectivity index (χ1n) is 3.42. The van der Waals surface area contributed by atoms with E-state index in [1.807, 2.05) is 0 Å². The van der Waals surface area contributed by atoms with Crippen LogP contribution in [0, 0.1) is 0 Å². The number of hydrogen-bond acceptors (Lipinski definition) is 4. The highest BCUT2D eigenvalue weighted by molar-refractivity contribution is 7.80. The van der Waals surface area contributed by atoms with E-state index < -0.39 is 5.97 Å². The fourth-order valence-electron chi connectivity index (χ4n) is 0.505. The molecule has 11 heavy (non-hydrogen) atoms. The Labute approximate surface area is 71.5 Å². The molecule has 0 unspecified atom stereocenters. The highest BCUT2D eigenvalue weighted by Crippen LogP contribution is 1.91. The summed E-state index contributed by atoms with van der Waals surface area (Å²) < 4.78 is 4.68. The van der Waals surface area contributed by atoms with Gasteiger partial charge in [-0.3, -0.25) is 9.59 Å². The Kier molecular flexibility index (Phi) is 5.93. The molecule has 64 valence electrons. The Bertz CT molecular complexity index is 145. The van der Waals surface area contributed by atoms with Gasteiger partial charge in [0.05, 0.1) is 6.61 Å². The number of ether oxygens (including phenoxy) is 1. The topological polar surface area (TPSA) is 43.4 Å². The average Bonchev–Trinajstić information content (AvgIpc) is 1.86. The summed E-state index contributed by atoms with van der Waals surface area (Å²) in [6.45, 7) is 1.72. The number of carbonyl (C=O) groups is 2. The first-order chi connectivity index (χ1) is 5.16. The van der Waals surface area contributed by atoms with Crippen molar-refractivity contribution in [2.75, 3.05) is 12.4 Å². The summed E-state index contributed by atoms with van der Waals surface area (Å²) >= 11 is 3.93. The summed E-state index contributed by atoms with van der Waals surface area (Å²) in [6, 6.07) is 0. The van der Waals surface area contributed by atoms with Crippen LogP contribution >= 0.6 is 12.6 Å². The molecule has 0 heterocycles. The third-order valence-corrected chi connectivity index (χ3v) is 1.28. The summed E-state index contributed by atoms with van der Waals surface area (Å²) in [5.74, 6) is 0.0769. The van der Waals surface area contributed by atoms with Gasteiger partial charge >= 0.3 is 5.97 Å². The summed E-state index contributed by atoms with van der Waals surface area (Å²) in [7, 11) is 0. The van der Waals surface area contributed by atoms with Crippen LogP contribution in [0.1, 0.15) is 19.8 Å². The molecule has 0 saturated carbocycles. The van der Waals surface area contributed by atoms with Gasteiger partial charge < -0.3 is 4.74 Å². The number of carbonyl (C=O) groups excluding carboxylic acids is 2. The smallest absolute Gasteiger partial charge is 0.313 e. The molecule has 0 spiro atoms. The zero-order chi connectivity index (χ0) is 8.69. The lowest BCUT2D eigenvalue weighted by Crippen LogP contribution is -2.09. The maximum Gasteiger partial charge on any atom is 0.313 e. The molecule has 0 aliphatic rings. The lowest BCUT2D eigenvalue weighted by atomic mass is 10.3. The van der Waals surface area contributed by atoms with E-state index in [1.165, 1.54) is 6.92 Å². The average molecular weight is 176 g/mol. The molecule has 0 aliphatic carbocycles. The normalized spacial score (nSPS) is 9.27. The van der Waals surface area contributed by atoms with Crippen molar-refractivity contribution in [3.8, 4) is 0 Å². The number of thiol groups is 1. The van der Waals surface area contributed by atoms with Gasteiger partial charge in [-0.2, -0.15) is 12.6 Å². The van der Waals surface area contributed by atoms with E-state index >= 15 is 0 Å². The molecule has 4 heteroatoms. The first kappa shape index (κ1) is 10.5. The maximum atomic E-state index is 10.7. The Morgan fingerprint density at radius 2 is 2.09 bits per heavy atom. The van der Waals surface area contributed by atoms with Crippen molar-refractivity contribution >= 4 is 24.4 Å². The van der Waals surface area contributed by atoms with Crippen molar-refractivity contribution in [2.24, 2.45) is 0 Å². The third-order valence-electron chi connectivity index (χ3n) is 0.959. The molecular weight excluding hydrogens is 164 g/mol. The van der Waals surface area contributed by atoms with Gasteiger partial charge in [0.1, 0.15) is 12.2 Å². The number of Topliss-reactive ketones (excluding diaryl/α,β-unsaturated/α-hetero) is 1. The van der Waals surface area contributed by atoms with Crippen molar-refractivity contribution in [3.05, 3.63) is 0 Å². The fraction of sp³-hybridized carbons (Fsp3) is 0.714. The minimum absolute atomic E-state index is 0.118. The number of ketones is 1. The van der Waals surface area contributed by atoms with Crippen molar-refractivity contribution in [1.82, 2.24) is 0 Å². The molecule has 0 aromatic rings. The second-order valence-corrected chi connectivity index (χ2v) is 2.62. The van der Waals surface area contributed by atoms with Gasteiger partial charge in [-0.25, -0.2) is 0 Å². The molecule has 0 rings (SSSR count). The Morgan fingerprint density at radius 3 is 2.55 bits per heavy atom. The molecule has 0 atom stereocenters. The number of esters is 1. The van der Waals surface area contributed by atoms with Crippen LogP contribution in [0.25, 0.3) is 0 Å². The minimum Gasteiger partial charge on any atom is -0.465 e. The van der Waals surface area contributed by atoms with Gasteiger partial charge in [-0.15, -0.1) is 0 Å². The second-order valence-electron chi connectivity index (χ2n) is 2.18. The van der Waals surface area contributed by atoms with Crippen LogP contribution in [0.15, 0.2) is 0 Å². The molecule has 0 fully saturated rings. The van der Waals surface area contributed by atoms with Crippen LogP contribution in [-0.2, 0) is 14.3 Å². The monoisotopic (exact) mass is 176 g/mol. The van der Waals surface area contributed by atoms with E-state index in [1.54, 1.807) is 0 Å². The largest absolute Gasteiger partial charge is 0.465 e. The number of hydrogen-bond donors (Lipinski definition) is 1. The molecule has 0 bridgehead atoms. The Balaban J connectivity index is 3.30. The van der Waals surface area contributed by atoms with Gasteiger partial charge in [-0.05, 0) is 19.1 Å². The molecule has 0 aromatic carbocycles. The summed E-state index contributed by atoms with van der Waals surface area (Å²) in [5.41, 5.74) is 0. The quantitative estimate of drug-likeness (QED) is 0.292. The van der Waals surface area contributed by atoms with Crippen LogP contribution in [0.5, 0.6) is 0 Å². The Morgan fingerprint density at radius 1 is 1.45 bits per heavy atom. The summed E-state index contributed by atoms with van der Waals surface area (Å²) in [5, 5.41) is 0. The van der Waals surface area contributed by atoms with Crippen molar-refractivity contribution in [1.29, 1.82) is 0 Å². The summed E-state index contributed by atoms with van der Waals surface area (Å²) in [6.07, 6.45) is 0.610. The highest BCUT2D eigenvalue weighted by atomic mass is 32.1. The van der Waals surface area contributed by atoms with Crippen LogP contribution in [-0.4, -0.2) is 24.1 Å². The molecule has 0 aliphatic heterocycles. The van der Waals surface area contributed by atoms with Crippen LogP contribution in [0.2, 0.25) is 0 Å². The summed E-state index contributed by atoms with van der Waals surface area (Å²) in [4.78, 5) is 21.0. The molecule has 0 aromatic heterocycles. The Hall–Kier alpha value is -0.510. The van der Waals surface area contributed by atoms with E-state index in [0.29, 0.717) is 12.4 Å². The van der Waals surface area contributed by atoms with E-state index in [-0.39, 0.29) is 12.2 Å². The van der Waals surface area contributed by atoms with E-state index in [2.05, 4.69) is 17.4 Å². The zero-order valence-electron chi connectivity index (χ0n) is 6.50. The fourth-order valence-corrected chi connectivity index (χ4v) is 0.634. The van der Waals surface area contributed by atoms with Gasteiger partial charge in [0, 0.05) is 0 Å². The van der Waals surface area contributed by atoms with Gasteiger partial charge in [-0.1, -0.05) is 0 Å². The molecule has 0 N–H and O–H groups in total. The zero-order valence-corrected chi connectivity index (χ0v) is 7.39. The molecule has 0 radical (unpaired) electrons. The first-order valence-corrected chi connectivity index (χ1v) is 4.06. The SMILES string of the molecule is CC(=O)CC(=O)OCCCS. The van der Waals surface area contributed by atoms with Crippen molar-refractivity contribution in [3.63, 3.8) is 0 Å². The van der Waals surface area contributed by atoms with Gasteiger partial charge in [0.25, 0.3) is 0 Å². The van der Waals surface area contributed by atoms with Crippen LogP contribution in [0.3, 0.4) is 0 Å². The molecule has 0 amide bonds. The second kappa shape index (κ2) is 6.22. The highest BCUT2D eigenvalue weighted by Gasteiger charge is 2.04. The van der Waals surface area contributed by atoms with Gasteiger partial charge in [0.2, 0.25) is 0 Å². The van der Waals surface area contributed by atoms with E-state index in [9.17, 15) is 9.59 Å². The number of rotatable bonds is 5. The van der Waals surface area contributed by atoms with E-state index in [4.69, 9.17) is 0 Å². The van der Waals surface area contributed by atoms with Crippen molar-refractivity contribution < 1.29 is 14.3 Å². The van der Waals surface area contributed by atoms with Crippen LogP contribution in [0.4, 0.5) is 0 Å². The standard InChI is InChI=1S/C7H12O3S/c1-6(8)5-7(9)10-3-2-4-11/h11H,2-5H2,1H3. The maximum absolute atomic E-state index is 10.7. The predicted octanol–water partition coefficient (Wildman–Crippen LogP) is 0.829. The molecular formula is C7H12O3S. The van der Waals surface area contributed by atoms with E-state index in [0.717, 1.165) is 6.42 Å². The van der Waals surface area contributed by atoms with Crippen molar-refractivity contribution in [2.45, 2.75) is 19.8 Å². The minimum atomic E-state index is -0.445. The molecule has 3 nitrogen and oxygen atoms in total. The predicted molar refractivity (Wildman–Crippen MR) is 44.7 cm³/mol. The molecule has 0 saturated heterocycles. The van der Waals surface area contributed by atoms with Crippen LogP contribution < -0.4 is 0 Å². The lowest BCUT2D eigenvalue weighted by molar-refractivity contribution is -0.145. The lowest BCUT2D eigenvalue weighted by Gasteiger charge is -2.00. The van der Waals surface area contributed by atoms with Gasteiger partial charge in [0.15, 0.2) is 0 Å².